The summed E-state index contributed by atoms with van der Waals surface area (Å²) in [5.41, 5.74) is 3.33. The van der Waals surface area contributed by atoms with Gasteiger partial charge >= 0.3 is 0 Å². The van der Waals surface area contributed by atoms with E-state index in [1.54, 1.807) is 24.5 Å². The van der Waals surface area contributed by atoms with Crippen molar-refractivity contribution in [1.82, 2.24) is 30.0 Å². The van der Waals surface area contributed by atoms with Crippen molar-refractivity contribution in [1.29, 1.82) is 5.26 Å². The Morgan fingerprint density at radius 2 is 2.11 bits per heavy atom. The fourth-order valence-corrected chi connectivity index (χ4v) is 3.37. The molecule has 0 bridgehead atoms. The second-order valence-corrected chi connectivity index (χ2v) is 6.58. The highest BCUT2D eigenvalue weighted by Crippen LogP contribution is 2.31. The van der Waals surface area contributed by atoms with Crippen LogP contribution in [0, 0.1) is 11.3 Å². The Morgan fingerprint density at radius 3 is 2.81 bits per heavy atom. The number of nitriles is 1. The topological polar surface area (TPSA) is 106 Å². The van der Waals surface area contributed by atoms with Gasteiger partial charge in [0.25, 0.3) is 0 Å². The van der Waals surface area contributed by atoms with Crippen molar-refractivity contribution in [3.63, 3.8) is 0 Å². The molecule has 0 aromatic carbocycles. The van der Waals surface area contributed by atoms with E-state index in [-0.39, 0.29) is 6.04 Å². The lowest BCUT2D eigenvalue weighted by molar-refractivity contribution is 0.137. The first-order chi connectivity index (χ1) is 13.3. The molecule has 0 aliphatic carbocycles. The van der Waals surface area contributed by atoms with E-state index in [9.17, 15) is 0 Å². The molecule has 0 unspecified atom stereocenters. The van der Waals surface area contributed by atoms with Gasteiger partial charge < -0.3 is 5.32 Å². The number of piperidine rings is 1. The first-order valence-corrected chi connectivity index (χ1v) is 8.98. The van der Waals surface area contributed by atoms with Crippen LogP contribution in [0.15, 0.2) is 43.1 Å². The number of likely N-dealkylation sites (tertiary alicyclic amines) is 1. The number of pyridine rings is 1. The molecule has 136 valence electrons. The largest absolute Gasteiger partial charge is 0.338 e. The van der Waals surface area contributed by atoms with Crippen LogP contribution in [0.3, 0.4) is 0 Å². The summed E-state index contributed by atoms with van der Waals surface area (Å²) in [6.07, 6.45) is 12.5. The van der Waals surface area contributed by atoms with Crippen LogP contribution in [0.1, 0.15) is 42.3 Å². The molecule has 27 heavy (non-hydrogen) atoms. The minimum Gasteiger partial charge on any atom is -0.338 e. The van der Waals surface area contributed by atoms with Crippen molar-refractivity contribution in [2.75, 3.05) is 11.9 Å². The van der Waals surface area contributed by atoms with Gasteiger partial charge in [-0.2, -0.15) is 10.4 Å². The molecule has 2 N–H and O–H groups in total. The third kappa shape index (κ3) is 4.10. The van der Waals surface area contributed by atoms with Crippen LogP contribution in [-0.2, 0) is 6.54 Å². The van der Waals surface area contributed by atoms with E-state index >= 15 is 0 Å². The Morgan fingerprint density at radius 1 is 1.15 bits per heavy atom. The van der Waals surface area contributed by atoms with E-state index in [0.29, 0.717) is 11.5 Å². The predicted octanol–water partition coefficient (Wildman–Crippen LogP) is 2.94. The highest BCUT2D eigenvalue weighted by Gasteiger charge is 2.25. The molecule has 0 radical (unpaired) electrons. The van der Waals surface area contributed by atoms with Crippen molar-refractivity contribution in [2.24, 2.45) is 0 Å². The first kappa shape index (κ1) is 17.1. The van der Waals surface area contributed by atoms with Crippen LogP contribution in [-0.4, -0.2) is 36.6 Å². The number of hydrogen-bond donors (Lipinski definition) is 2. The van der Waals surface area contributed by atoms with E-state index in [1.807, 2.05) is 24.7 Å². The van der Waals surface area contributed by atoms with Crippen LogP contribution in [0.4, 0.5) is 11.5 Å². The highest BCUT2D eigenvalue weighted by atomic mass is 15.2. The Hall–Kier alpha value is -3.31. The molecule has 4 heterocycles. The summed E-state index contributed by atoms with van der Waals surface area (Å²) in [7, 11) is 0. The molecular formula is C19H20N8. The maximum atomic E-state index is 8.81. The molecule has 1 atom stereocenters. The van der Waals surface area contributed by atoms with Crippen molar-refractivity contribution in [3.05, 3.63) is 60.1 Å². The van der Waals surface area contributed by atoms with Crippen LogP contribution < -0.4 is 5.32 Å². The number of hydrogen-bond acceptors (Lipinski definition) is 7. The predicted molar refractivity (Wildman–Crippen MR) is 99.9 cm³/mol. The van der Waals surface area contributed by atoms with Gasteiger partial charge in [-0.15, -0.1) is 0 Å². The molecular weight excluding hydrogens is 340 g/mol. The number of H-pyrrole nitrogens is 1. The lowest BCUT2D eigenvalue weighted by Gasteiger charge is -2.34. The molecule has 1 fully saturated rings. The van der Waals surface area contributed by atoms with Crippen LogP contribution in [0.2, 0.25) is 0 Å². The molecule has 4 rings (SSSR count). The number of aromatic amines is 1. The zero-order chi connectivity index (χ0) is 18.5. The Balaban J connectivity index is 1.45. The molecule has 0 amide bonds. The van der Waals surface area contributed by atoms with E-state index in [0.717, 1.165) is 30.9 Å². The molecule has 8 heteroatoms. The second-order valence-electron chi connectivity index (χ2n) is 6.58. The lowest BCUT2D eigenvalue weighted by Crippen LogP contribution is -2.33. The smallest absolute Gasteiger partial charge is 0.148 e. The molecule has 8 nitrogen and oxygen atoms in total. The molecule has 0 spiro atoms. The number of rotatable bonds is 5. The third-order valence-corrected chi connectivity index (χ3v) is 4.72. The molecule has 1 aliphatic rings. The van der Waals surface area contributed by atoms with E-state index in [1.165, 1.54) is 18.4 Å². The van der Waals surface area contributed by atoms with Crippen LogP contribution in [0.25, 0.3) is 0 Å². The molecule has 3 aromatic heterocycles. The van der Waals surface area contributed by atoms with Crippen molar-refractivity contribution in [3.8, 4) is 6.07 Å². The quantitative estimate of drug-likeness (QED) is 0.720. The standard InChI is InChI=1S/C19H20N8/c20-7-15-4-5-16(10-21-15)26-19-12-22-17(11-23-19)18-3-1-2-6-27(18)13-14-8-24-25-9-14/h4-5,8-12,18H,1-3,6,13H2,(H,23,26)(H,24,25)/t18-/m0/s1. The SMILES string of the molecule is N#Cc1ccc(Nc2cnc([C@@H]3CCCCN3Cc3cn[nH]c3)cn2)cn1. The normalized spacial score (nSPS) is 17.4. The number of nitrogens with one attached hydrogen (secondary N) is 2. The Kier molecular flexibility index (Phi) is 5.03. The summed E-state index contributed by atoms with van der Waals surface area (Å²) in [5.74, 6) is 0.655. The summed E-state index contributed by atoms with van der Waals surface area (Å²) in [6, 6.07) is 5.74. The monoisotopic (exact) mass is 360 g/mol. The summed E-state index contributed by atoms with van der Waals surface area (Å²) < 4.78 is 0. The molecule has 0 saturated carbocycles. The van der Waals surface area contributed by atoms with Gasteiger partial charge in [-0.1, -0.05) is 6.42 Å². The van der Waals surface area contributed by atoms with Gasteiger partial charge in [0.2, 0.25) is 0 Å². The van der Waals surface area contributed by atoms with Gasteiger partial charge in [-0.05, 0) is 31.5 Å². The van der Waals surface area contributed by atoms with Crippen molar-refractivity contribution in [2.45, 2.75) is 31.8 Å². The molecule has 1 aliphatic heterocycles. The summed E-state index contributed by atoms with van der Waals surface area (Å²) in [6.45, 7) is 1.91. The Bertz CT molecular complexity index is 896. The summed E-state index contributed by atoms with van der Waals surface area (Å²) >= 11 is 0. The summed E-state index contributed by atoms with van der Waals surface area (Å²) in [5, 5.41) is 18.9. The van der Waals surface area contributed by atoms with E-state index < -0.39 is 0 Å². The average Bonchev–Trinajstić information content (AvgIpc) is 3.23. The van der Waals surface area contributed by atoms with E-state index in [2.05, 4.69) is 35.4 Å². The van der Waals surface area contributed by atoms with Gasteiger partial charge in [-0.25, -0.2) is 9.97 Å². The molecule has 1 saturated heterocycles. The Labute approximate surface area is 157 Å². The fraction of sp³-hybridized carbons (Fsp3) is 0.316. The fourth-order valence-electron chi connectivity index (χ4n) is 3.37. The maximum Gasteiger partial charge on any atom is 0.148 e. The minimum absolute atomic E-state index is 0.270. The molecule has 3 aromatic rings. The number of nitrogens with zero attached hydrogens (tertiary/aromatic N) is 6. The average molecular weight is 360 g/mol. The van der Waals surface area contributed by atoms with E-state index in [4.69, 9.17) is 5.26 Å². The lowest BCUT2D eigenvalue weighted by atomic mass is 9.99. The van der Waals surface area contributed by atoms with Crippen molar-refractivity contribution >= 4 is 11.5 Å². The third-order valence-electron chi connectivity index (χ3n) is 4.72. The maximum absolute atomic E-state index is 8.81. The number of aromatic nitrogens is 5. The second kappa shape index (κ2) is 7.93. The van der Waals surface area contributed by atoms with Gasteiger partial charge in [0, 0.05) is 18.3 Å². The zero-order valence-electron chi connectivity index (χ0n) is 14.8. The minimum atomic E-state index is 0.270. The van der Waals surface area contributed by atoms with Crippen LogP contribution >= 0.6 is 0 Å². The first-order valence-electron chi connectivity index (χ1n) is 8.98. The van der Waals surface area contributed by atoms with Gasteiger partial charge in [0.1, 0.15) is 17.6 Å². The van der Waals surface area contributed by atoms with Crippen molar-refractivity contribution < 1.29 is 0 Å². The number of anilines is 2. The van der Waals surface area contributed by atoms with Crippen LogP contribution in [0.5, 0.6) is 0 Å². The van der Waals surface area contributed by atoms with Gasteiger partial charge in [0.15, 0.2) is 0 Å². The zero-order valence-corrected chi connectivity index (χ0v) is 14.8. The van der Waals surface area contributed by atoms with Gasteiger partial charge in [-0.3, -0.25) is 15.0 Å². The van der Waals surface area contributed by atoms with Gasteiger partial charge in [0.05, 0.1) is 42.2 Å². The highest BCUT2D eigenvalue weighted by molar-refractivity contribution is 5.54. The summed E-state index contributed by atoms with van der Waals surface area (Å²) in [4.78, 5) is 15.6.